The molecule has 0 aliphatic rings. The van der Waals surface area contributed by atoms with Crippen LogP contribution in [0.3, 0.4) is 0 Å². The van der Waals surface area contributed by atoms with E-state index in [0.717, 1.165) is 38.5 Å². The number of unbranched alkanes of at least 4 members (excludes halogenated alkanes) is 5. The normalized spacial score (nSPS) is 9.17. The molecule has 6 heteroatoms. The van der Waals surface area contributed by atoms with Gasteiger partial charge in [-0.25, -0.2) is 9.59 Å². The molecule has 0 aromatic heterocycles. The van der Waals surface area contributed by atoms with Crippen molar-refractivity contribution in [2.75, 3.05) is 0 Å². The van der Waals surface area contributed by atoms with Crippen LogP contribution in [0, 0.1) is 23.7 Å². The quantitative estimate of drug-likeness (QED) is 0.443. The van der Waals surface area contributed by atoms with Crippen molar-refractivity contribution in [1.29, 1.82) is 0 Å². The van der Waals surface area contributed by atoms with E-state index in [1.165, 1.54) is 0 Å². The molecule has 0 saturated carbocycles. The molecule has 0 saturated heterocycles. The van der Waals surface area contributed by atoms with E-state index in [-0.39, 0.29) is 24.4 Å². The van der Waals surface area contributed by atoms with Crippen LogP contribution in [-0.4, -0.2) is 33.7 Å². The molecule has 0 aromatic carbocycles. The standard InChI is InChI=1S/C18H22O6/c19-15(11-7-13-17(21)22)9-5-3-1-2-4-6-10-16(20)12-8-14-18(23)24/h1-6,9-12H2,(H,21,22)(H,23,24). The minimum atomic E-state index is -1.23. The Bertz CT molecular complexity index is 516. The fourth-order valence-corrected chi connectivity index (χ4v) is 1.97. The topological polar surface area (TPSA) is 109 Å². The molecule has 0 aliphatic carbocycles. The molecule has 6 nitrogen and oxygen atoms in total. The maximum absolute atomic E-state index is 11.4. The first-order valence-electron chi connectivity index (χ1n) is 7.89. The van der Waals surface area contributed by atoms with Gasteiger partial charge in [-0.05, 0) is 12.8 Å². The van der Waals surface area contributed by atoms with Crippen molar-refractivity contribution < 1.29 is 29.4 Å². The van der Waals surface area contributed by atoms with Gasteiger partial charge in [0.1, 0.15) is 11.6 Å². The van der Waals surface area contributed by atoms with Crippen LogP contribution >= 0.6 is 0 Å². The van der Waals surface area contributed by atoms with Crippen LogP contribution in [0.4, 0.5) is 0 Å². The zero-order chi connectivity index (χ0) is 18.2. The predicted molar refractivity (Wildman–Crippen MR) is 87.0 cm³/mol. The zero-order valence-electron chi connectivity index (χ0n) is 13.6. The summed E-state index contributed by atoms with van der Waals surface area (Å²) in [4.78, 5) is 43.1. The number of hydrogen-bond donors (Lipinski definition) is 2. The molecule has 0 fully saturated rings. The minimum Gasteiger partial charge on any atom is -0.472 e. The smallest absolute Gasteiger partial charge is 0.381 e. The fraction of sp³-hybridized carbons (Fsp3) is 0.556. The molecule has 0 heterocycles. The third kappa shape index (κ3) is 15.8. The molecular formula is C18H22O6. The van der Waals surface area contributed by atoms with Gasteiger partial charge in [0.15, 0.2) is 0 Å². The highest BCUT2D eigenvalue weighted by atomic mass is 16.4. The van der Waals surface area contributed by atoms with Gasteiger partial charge in [0.25, 0.3) is 0 Å². The first-order chi connectivity index (χ1) is 11.4. The Morgan fingerprint density at radius 1 is 0.583 bits per heavy atom. The highest BCUT2D eigenvalue weighted by molar-refractivity contribution is 5.89. The monoisotopic (exact) mass is 334 g/mol. The van der Waals surface area contributed by atoms with Gasteiger partial charge in [0.05, 0.1) is 12.8 Å². The maximum Gasteiger partial charge on any atom is 0.381 e. The summed E-state index contributed by atoms with van der Waals surface area (Å²) in [5, 5.41) is 16.6. The second-order valence-corrected chi connectivity index (χ2v) is 5.27. The Hall–Kier alpha value is -2.60. The van der Waals surface area contributed by atoms with Crippen LogP contribution in [0.2, 0.25) is 0 Å². The van der Waals surface area contributed by atoms with E-state index < -0.39 is 11.9 Å². The first-order valence-corrected chi connectivity index (χ1v) is 7.89. The summed E-state index contributed by atoms with van der Waals surface area (Å²) in [5.41, 5.74) is 0. The maximum atomic E-state index is 11.4. The van der Waals surface area contributed by atoms with E-state index in [1.54, 1.807) is 0 Å². The largest absolute Gasteiger partial charge is 0.472 e. The molecule has 130 valence electrons. The summed E-state index contributed by atoms with van der Waals surface area (Å²) < 4.78 is 0. The molecule has 0 amide bonds. The average Bonchev–Trinajstić information content (AvgIpc) is 2.49. The SMILES string of the molecule is O=C(O)C#CCC(=O)CCCCCCCCC(=O)CC#CC(=O)O. The first kappa shape index (κ1) is 21.4. The van der Waals surface area contributed by atoms with Crippen molar-refractivity contribution in [3.63, 3.8) is 0 Å². The van der Waals surface area contributed by atoms with Crippen LogP contribution in [-0.2, 0) is 19.2 Å². The van der Waals surface area contributed by atoms with Crippen molar-refractivity contribution >= 4 is 23.5 Å². The number of carboxylic acids is 2. The number of carboxylic acid groups (broad SMARTS) is 2. The fourth-order valence-electron chi connectivity index (χ4n) is 1.97. The van der Waals surface area contributed by atoms with Crippen molar-refractivity contribution in [2.45, 2.75) is 64.2 Å². The van der Waals surface area contributed by atoms with Gasteiger partial charge in [0.2, 0.25) is 0 Å². The Balaban J connectivity index is 3.49. The number of carbonyl (C=O) groups is 4. The van der Waals surface area contributed by atoms with E-state index in [9.17, 15) is 19.2 Å². The molecule has 0 spiro atoms. The summed E-state index contributed by atoms with van der Waals surface area (Å²) in [5.74, 6) is 5.90. The van der Waals surface area contributed by atoms with E-state index in [2.05, 4.69) is 11.8 Å². The lowest BCUT2D eigenvalue weighted by Gasteiger charge is -2.01. The number of carbonyl (C=O) groups excluding carboxylic acids is 2. The number of rotatable bonds is 11. The molecule has 0 aliphatic heterocycles. The summed E-state index contributed by atoms with van der Waals surface area (Å²) in [6.45, 7) is 0. The van der Waals surface area contributed by atoms with Gasteiger partial charge in [0, 0.05) is 24.7 Å². The molecule has 0 rings (SSSR count). The number of ketones is 2. The van der Waals surface area contributed by atoms with Gasteiger partial charge in [-0.3, -0.25) is 9.59 Å². The number of aliphatic carboxylic acids is 2. The van der Waals surface area contributed by atoms with Crippen LogP contribution in [0.15, 0.2) is 0 Å². The lowest BCUT2D eigenvalue weighted by atomic mass is 10.0. The van der Waals surface area contributed by atoms with Gasteiger partial charge < -0.3 is 10.2 Å². The van der Waals surface area contributed by atoms with Gasteiger partial charge in [-0.15, -0.1) is 0 Å². The van der Waals surface area contributed by atoms with Gasteiger partial charge in [-0.2, -0.15) is 0 Å². The zero-order valence-corrected chi connectivity index (χ0v) is 13.6. The van der Waals surface area contributed by atoms with Crippen LogP contribution in [0.1, 0.15) is 64.2 Å². The summed E-state index contributed by atoms with van der Waals surface area (Å²) in [7, 11) is 0. The van der Waals surface area contributed by atoms with E-state index in [1.807, 2.05) is 11.8 Å². The number of hydrogen-bond acceptors (Lipinski definition) is 4. The highest BCUT2D eigenvalue weighted by Gasteiger charge is 2.01. The third-order valence-electron chi connectivity index (χ3n) is 3.12. The van der Waals surface area contributed by atoms with Crippen molar-refractivity contribution in [3.8, 4) is 23.7 Å². The predicted octanol–water partition coefficient (Wildman–Crippen LogP) is 2.20. The highest BCUT2D eigenvalue weighted by Crippen LogP contribution is 2.10. The summed E-state index contributed by atoms with van der Waals surface area (Å²) >= 11 is 0. The van der Waals surface area contributed by atoms with Gasteiger partial charge in [-0.1, -0.05) is 37.5 Å². The second-order valence-electron chi connectivity index (χ2n) is 5.27. The second kappa shape index (κ2) is 14.0. The number of Topliss-reactive ketones (excluding diaryl/α,β-unsaturated/α-hetero) is 2. The minimum absolute atomic E-state index is 0.0147. The Kier molecular flexibility index (Phi) is 12.5. The molecule has 2 N–H and O–H groups in total. The molecule has 24 heavy (non-hydrogen) atoms. The lowest BCUT2D eigenvalue weighted by Crippen LogP contribution is -1.97. The Morgan fingerprint density at radius 2 is 0.917 bits per heavy atom. The lowest BCUT2D eigenvalue weighted by molar-refractivity contribution is -0.131. The Labute approximate surface area is 141 Å². The van der Waals surface area contributed by atoms with Crippen LogP contribution < -0.4 is 0 Å². The molecule has 0 unspecified atom stereocenters. The summed E-state index contributed by atoms with van der Waals surface area (Å²) in [6, 6.07) is 0. The third-order valence-corrected chi connectivity index (χ3v) is 3.12. The Morgan fingerprint density at radius 3 is 1.25 bits per heavy atom. The molecule has 0 bridgehead atoms. The van der Waals surface area contributed by atoms with Gasteiger partial charge >= 0.3 is 11.9 Å². The molecule has 0 radical (unpaired) electrons. The molecular weight excluding hydrogens is 312 g/mol. The van der Waals surface area contributed by atoms with Crippen molar-refractivity contribution in [1.82, 2.24) is 0 Å². The molecule has 0 aromatic rings. The van der Waals surface area contributed by atoms with Crippen LogP contribution in [0.5, 0.6) is 0 Å². The van der Waals surface area contributed by atoms with Crippen molar-refractivity contribution in [3.05, 3.63) is 0 Å². The van der Waals surface area contributed by atoms with Crippen molar-refractivity contribution in [2.24, 2.45) is 0 Å². The van der Waals surface area contributed by atoms with E-state index in [0.29, 0.717) is 12.8 Å². The van der Waals surface area contributed by atoms with E-state index >= 15 is 0 Å². The average molecular weight is 334 g/mol. The summed E-state index contributed by atoms with van der Waals surface area (Å²) in [6.07, 6.45) is 6.09. The molecule has 0 atom stereocenters. The van der Waals surface area contributed by atoms with E-state index in [4.69, 9.17) is 10.2 Å². The van der Waals surface area contributed by atoms with Crippen LogP contribution in [0.25, 0.3) is 0 Å².